The van der Waals surface area contributed by atoms with Crippen molar-refractivity contribution in [2.75, 3.05) is 26.2 Å². The number of phenols is 3. The summed E-state index contributed by atoms with van der Waals surface area (Å²) in [4.78, 5) is 4.36. The maximum atomic E-state index is 10.6. The number of aliphatic hydroxyl groups excluding tert-OH is 1. The first kappa shape index (κ1) is 38.8. The van der Waals surface area contributed by atoms with Crippen LogP contribution in [-0.4, -0.2) is 52.9 Å². The molecule has 0 bridgehead atoms. The fourth-order valence-electron chi connectivity index (χ4n) is 3.86. The van der Waals surface area contributed by atoms with E-state index in [1.54, 1.807) is 12.3 Å². The van der Waals surface area contributed by atoms with Crippen LogP contribution in [0.3, 0.4) is 0 Å². The van der Waals surface area contributed by atoms with Crippen molar-refractivity contribution in [3.8, 4) is 17.2 Å². The minimum atomic E-state index is -0.178. The third-order valence-electron chi connectivity index (χ3n) is 6.45. The predicted octanol–water partition coefficient (Wildman–Crippen LogP) is 7.34. The molecule has 7 nitrogen and oxygen atoms in total. The zero-order valence-corrected chi connectivity index (χ0v) is 28.7. The fourth-order valence-corrected chi connectivity index (χ4v) is 3.86. The first-order valence-corrected chi connectivity index (χ1v) is 14.5. The first-order chi connectivity index (χ1) is 18.6. The predicted molar refractivity (Wildman–Crippen MR) is 166 cm³/mol. The molecule has 0 heterocycles. The Morgan fingerprint density at radius 3 is 1.54 bits per heavy atom. The second-order valence-electron chi connectivity index (χ2n) is 14.3. The molecule has 0 amide bonds. The molecule has 231 valence electrons. The summed E-state index contributed by atoms with van der Waals surface area (Å²) >= 11 is 1.06. The molecule has 0 spiro atoms. The number of aliphatic hydroxyl groups is 1. The van der Waals surface area contributed by atoms with Crippen LogP contribution in [0.5, 0.6) is 17.2 Å². The topological polar surface area (TPSA) is 124 Å². The second-order valence-corrected chi connectivity index (χ2v) is 14.3. The van der Waals surface area contributed by atoms with Crippen LogP contribution in [-0.2, 0) is 42.7 Å². The van der Waals surface area contributed by atoms with Crippen LogP contribution in [0.25, 0.3) is 5.32 Å². The molecule has 0 aromatic heterocycles. The number of hydrogen-bond donors (Lipinski definition) is 4. The molecule has 0 aliphatic rings. The SMILES string of the molecule is CC(C)(C)c1cc(C=NCC[N-]CCO)c(O)c(C(C)(C)C)c1.CC(C)(C)c1cc(O)c(O)c(C(C)(C)C)c1.[O]=[V]. The summed E-state index contributed by atoms with van der Waals surface area (Å²) < 4.78 is 8.19. The van der Waals surface area contributed by atoms with Gasteiger partial charge in [-0.25, -0.2) is 0 Å². The molecule has 2 rings (SSSR count). The fraction of sp³-hybridized carbons (Fsp3) is 0.606. The number of phenolic OH excluding ortho intramolecular Hbond substituents is 3. The molecule has 0 aliphatic carbocycles. The molecule has 0 radical (unpaired) electrons. The van der Waals surface area contributed by atoms with Gasteiger partial charge in [0.25, 0.3) is 0 Å². The zero-order valence-electron chi connectivity index (χ0n) is 27.3. The van der Waals surface area contributed by atoms with E-state index in [1.165, 1.54) is 5.56 Å². The van der Waals surface area contributed by atoms with Crippen LogP contribution >= 0.6 is 0 Å². The molecular weight excluding hydrogens is 555 g/mol. The van der Waals surface area contributed by atoms with E-state index in [0.717, 1.165) is 39.6 Å². The van der Waals surface area contributed by atoms with E-state index in [-0.39, 0.29) is 39.8 Å². The molecular formula is C33H53N2O5V-. The summed E-state index contributed by atoms with van der Waals surface area (Å²) in [5, 5.41) is 43.1. The molecule has 0 fully saturated rings. The van der Waals surface area contributed by atoms with Gasteiger partial charge in [0.1, 0.15) is 5.75 Å². The Bertz CT molecular complexity index is 1130. The van der Waals surface area contributed by atoms with Gasteiger partial charge in [-0.1, -0.05) is 95.2 Å². The molecule has 8 heteroatoms. The van der Waals surface area contributed by atoms with Gasteiger partial charge in [0, 0.05) is 36.1 Å². The van der Waals surface area contributed by atoms with E-state index in [0.29, 0.717) is 25.4 Å². The molecule has 41 heavy (non-hydrogen) atoms. The monoisotopic (exact) mass is 608 g/mol. The second kappa shape index (κ2) is 15.9. The molecule has 0 saturated carbocycles. The summed E-state index contributed by atoms with van der Waals surface area (Å²) in [5.74, 6) is 0.277. The van der Waals surface area contributed by atoms with Gasteiger partial charge in [0.05, 0.1) is 0 Å². The summed E-state index contributed by atoms with van der Waals surface area (Å²) in [7, 11) is 0. The van der Waals surface area contributed by atoms with Crippen LogP contribution < -0.4 is 0 Å². The molecule has 0 unspecified atom stereocenters. The van der Waals surface area contributed by atoms with E-state index in [1.807, 2.05) is 32.9 Å². The average Bonchev–Trinajstić information content (AvgIpc) is 2.82. The van der Waals surface area contributed by atoms with Crippen molar-refractivity contribution in [1.82, 2.24) is 0 Å². The summed E-state index contributed by atoms with van der Waals surface area (Å²) in [5.41, 5.74) is 4.36. The van der Waals surface area contributed by atoms with Gasteiger partial charge >= 0.3 is 21.0 Å². The van der Waals surface area contributed by atoms with Crippen LogP contribution in [0.2, 0.25) is 0 Å². The third-order valence-corrected chi connectivity index (χ3v) is 6.45. The van der Waals surface area contributed by atoms with Crippen molar-refractivity contribution < 1.29 is 41.5 Å². The molecule has 0 saturated heterocycles. The van der Waals surface area contributed by atoms with E-state index in [4.69, 9.17) is 8.78 Å². The standard InChI is InChI=1S/C19H31N2O2.C14H22O2.O.V/c1-18(2,3)15-11-14(13-21-8-7-20-9-10-22)17(23)16(12-15)19(4,5)6;1-13(2,3)9-7-10(14(4,5)6)12(16)11(15)8-9;;/h11-13,22-23H,7-10H2,1-6H3;7-8,15-16H,1-6H3;;/q-1;;;. The number of hydrogen-bond acceptors (Lipinski definition) is 6. The van der Waals surface area contributed by atoms with Gasteiger partial charge in [-0.05, 0) is 44.9 Å². The van der Waals surface area contributed by atoms with Gasteiger partial charge in [0.15, 0.2) is 11.5 Å². The first-order valence-electron chi connectivity index (χ1n) is 14.0. The number of aliphatic imine (C=N–C) groups is 1. The number of nitrogens with zero attached hydrogens (tertiary/aromatic N) is 2. The Labute approximate surface area is 257 Å². The minimum absolute atomic E-state index is 0.000463. The van der Waals surface area contributed by atoms with Crippen LogP contribution in [0.1, 0.15) is 111 Å². The summed E-state index contributed by atoms with van der Waals surface area (Å²) in [6, 6.07) is 7.74. The number of aromatic hydroxyl groups is 3. The normalized spacial score (nSPS) is 12.4. The van der Waals surface area contributed by atoms with Crippen molar-refractivity contribution in [2.24, 2.45) is 4.99 Å². The zero-order chi connectivity index (χ0) is 32.4. The van der Waals surface area contributed by atoms with Gasteiger partial charge < -0.3 is 25.7 Å². The van der Waals surface area contributed by atoms with Crippen molar-refractivity contribution in [3.63, 3.8) is 0 Å². The number of benzene rings is 2. The van der Waals surface area contributed by atoms with E-state index < -0.39 is 0 Å². The van der Waals surface area contributed by atoms with Crippen molar-refractivity contribution >= 4 is 6.21 Å². The Morgan fingerprint density at radius 1 is 0.683 bits per heavy atom. The summed E-state index contributed by atoms with van der Waals surface area (Å²) in [6.45, 7) is 26.8. The Morgan fingerprint density at radius 2 is 1.12 bits per heavy atom. The van der Waals surface area contributed by atoms with Gasteiger partial charge in [-0.2, -0.15) is 0 Å². The molecule has 0 aliphatic heterocycles. The molecule has 4 N–H and O–H groups in total. The van der Waals surface area contributed by atoms with Crippen LogP contribution in [0, 0.1) is 0 Å². The molecule has 2 aromatic carbocycles. The number of rotatable bonds is 6. The quantitative estimate of drug-likeness (QED) is 0.155. The van der Waals surface area contributed by atoms with E-state index in [9.17, 15) is 15.3 Å². The Kier molecular flexibility index (Phi) is 15.0. The molecule has 2 aromatic rings. The average molecular weight is 609 g/mol. The van der Waals surface area contributed by atoms with E-state index >= 15 is 0 Å². The van der Waals surface area contributed by atoms with Gasteiger partial charge in [0.2, 0.25) is 0 Å². The molecule has 0 atom stereocenters. The maximum absolute atomic E-state index is 10.6. The Hall–Kier alpha value is -2.19. The van der Waals surface area contributed by atoms with Crippen molar-refractivity contribution in [3.05, 3.63) is 57.4 Å². The van der Waals surface area contributed by atoms with Crippen LogP contribution in [0.4, 0.5) is 0 Å². The van der Waals surface area contributed by atoms with Crippen molar-refractivity contribution in [2.45, 2.75) is 105 Å². The van der Waals surface area contributed by atoms with Crippen molar-refractivity contribution in [1.29, 1.82) is 0 Å². The Balaban J connectivity index is 0.000000777. The summed E-state index contributed by atoms with van der Waals surface area (Å²) in [6.07, 6.45) is 1.73. The van der Waals surface area contributed by atoms with Crippen LogP contribution in [0.15, 0.2) is 29.3 Å². The third kappa shape index (κ3) is 12.7. The van der Waals surface area contributed by atoms with Gasteiger partial charge in [-0.15, -0.1) is 13.1 Å². The van der Waals surface area contributed by atoms with E-state index in [2.05, 4.69) is 78.7 Å². The van der Waals surface area contributed by atoms with Gasteiger partial charge in [-0.3, -0.25) is 4.99 Å².